The lowest BCUT2D eigenvalue weighted by Gasteiger charge is -2.26. The number of hydrogen-bond acceptors (Lipinski definition) is 4. The van der Waals surface area contributed by atoms with Gasteiger partial charge in [-0.2, -0.15) is 5.10 Å². The second kappa shape index (κ2) is 9.11. The first-order valence-electron chi connectivity index (χ1n) is 9.87. The van der Waals surface area contributed by atoms with E-state index in [9.17, 15) is 5.11 Å². The standard InChI is InChI=1S/C20H28N6O.HI/c1-13-23-19-17(8-5-11-26(19)25-13)24-20(21-2)22-12-16-15-7-4-3-6-14(15)9-10-18(16)27;/h9-10,17,27H,3-8,11-12H2,1-2H3,(H2,21,22,24);1H. The molecular formula is C20H29IN6O. The van der Waals surface area contributed by atoms with Crippen LogP contribution in [0.25, 0.3) is 0 Å². The lowest BCUT2D eigenvalue weighted by Crippen LogP contribution is -2.41. The monoisotopic (exact) mass is 496 g/mol. The fourth-order valence-electron chi connectivity index (χ4n) is 4.23. The predicted molar refractivity (Wildman–Crippen MR) is 120 cm³/mol. The van der Waals surface area contributed by atoms with Crippen LogP contribution in [0.15, 0.2) is 17.1 Å². The molecule has 8 heteroatoms. The van der Waals surface area contributed by atoms with E-state index in [0.717, 1.165) is 55.4 Å². The lowest BCUT2D eigenvalue weighted by atomic mass is 9.88. The summed E-state index contributed by atoms with van der Waals surface area (Å²) in [6.07, 6.45) is 6.63. The van der Waals surface area contributed by atoms with Crippen molar-refractivity contribution in [1.29, 1.82) is 0 Å². The normalized spacial score (nSPS) is 18.6. The van der Waals surface area contributed by atoms with E-state index in [4.69, 9.17) is 0 Å². The molecule has 7 nitrogen and oxygen atoms in total. The first kappa shape index (κ1) is 20.9. The van der Waals surface area contributed by atoms with Crippen molar-refractivity contribution < 1.29 is 5.11 Å². The van der Waals surface area contributed by atoms with Gasteiger partial charge >= 0.3 is 0 Å². The number of hydrogen-bond donors (Lipinski definition) is 3. The number of aliphatic imine (C=N–C) groups is 1. The molecule has 3 N–H and O–H groups in total. The number of fused-ring (bicyclic) bond motifs is 2. The summed E-state index contributed by atoms with van der Waals surface area (Å²) in [7, 11) is 1.77. The number of aromatic hydroxyl groups is 1. The number of benzene rings is 1. The van der Waals surface area contributed by atoms with Crippen LogP contribution in [-0.2, 0) is 25.9 Å². The van der Waals surface area contributed by atoms with Gasteiger partial charge in [-0.05, 0) is 62.6 Å². The Morgan fingerprint density at radius 3 is 2.93 bits per heavy atom. The minimum Gasteiger partial charge on any atom is -0.508 e. The average Bonchev–Trinajstić information content (AvgIpc) is 3.07. The third kappa shape index (κ3) is 4.26. The summed E-state index contributed by atoms with van der Waals surface area (Å²) in [6.45, 7) is 3.41. The van der Waals surface area contributed by atoms with Crippen LogP contribution in [0.4, 0.5) is 0 Å². The van der Waals surface area contributed by atoms with Crippen LogP contribution >= 0.6 is 24.0 Å². The van der Waals surface area contributed by atoms with Gasteiger partial charge in [-0.25, -0.2) is 9.67 Å². The Morgan fingerprint density at radius 1 is 1.29 bits per heavy atom. The minimum absolute atomic E-state index is 0. The van der Waals surface area contributed by atoms with Crippen molar-refractivity contribution in [3.63, 3.8) is 0 Å². The van der Waals surface area contributed by atoms with E-state index in [1.165, 1.54) is 24.0 Å². The largest absolute Gasteiger partial charge is 0.508 e. The summed E-state index contributed by atoms with van der Waals surface area (Å²) in [5.41, 5.74) is 3.67. The molecule has 1 atom stereocenters. The van der Waals surface area contributed by atoms with Crippen LogP contribution in [0, 0.1) is 6.92 Å². The highest BCUT2D eigenvalue weighted by Crippen LogP contribution is 2.30. The van der Waals surface area contributed by atoms with E-state index in [2.05, 4.69) is 31.8 Å². The maximum absolute atomic E-state index is 10.4. The predicted octanol–water partition coefficient (Wildman–Crippen LogP) is 2.99. The van der Waals surface area contributed by atoms with Gasteiger partial charge in [-0.3, -0.25) is 4.99 Å². The highest BCUT2D eigenvalue weighted by atomic mass is 127. The Kier molecular flexibility index (Phi) is 6.79. The molecule has 28 heavy (non-hydrogen) atoms. The molecular weight excluding hydrogens is 467 g/mol. The number of aryl methyl sites for hydroxylation is 3. The summed E-state index contributed by atoms with van der Waals surface area (Å²) in [5, 5.41) is 21.7. The van der Waals surface area contributed by atoms with Gasteiger partial charge in [-0.15, -0.1) is 24.0 Å². The van der Waals surface area contributed by atoms with E-state index < -0.39 is 0 Å². The number of phenolic OH excluding ortho intramolecular Hbond substituents is 1. The number of phenols is 1. The van der Waals surface area contributed by atoms with Crippen LogP contribution < -0.4 is 10.6 Å². The smallest absolute Gasteiger partial charge is 0.191 e. The topological polar surface area (TPSA) is 87.4 Å². The number of guanidine groups is 1. The van der Waals surface area contributed by atoms with Gasteiger partial charge in [-0.1, -0.05) is 6.07 Å². The fraction of sp³-hybridized carbons (Fsp3) is 0.550. The summed E-state index contributed by atoms with van der Waals surface area (Å²) in [4.78, 5) is 8.95. The molecule has 1 aromatic carbocycles. The van der Waals surface area contributed by atoms with Crippen molar-refractivity contribution in [2.75, 3.05) is 7.05 Å². The number of rotatable bonds is 3. The van der Waals surface area contributed by atoms with Crippen LogP contribution in [-0.4, -0.2) is 32.9 Å². The van der Waals surface area contributed by atoms with Gasteiger partial charge in [0.25, 0.3) is 0 Å². The summed E-state index contributed by atoms with van der Waals surface area (Å²) in [5.74, 6) is 2.87. The molecule has 2 heterocycles. The molecule has 0 radical (unpaired) electrons. The van der Waals surface area contributed by atoms with Gasteiger partial charge in [0.1, 0.15) is 17.4 Å². The van der Waals surface area contributed by atoms with Crippen molar-refractivity contribution in [2.24, 2.45) is 4.99 Å². The molecule has 152 valence electrons. The molecule has 2 aromatic rings. The van der Waals surface area contributed by atoms with Crippen LogP contribution in [0.2, 0.25) is 0 Å². The maximum atomic E-state index is 10.4. The maximum Gasteiger partial charge on any atom is 0.191 e. The van der Waals surface area contributed by atoms with Crippen molar-refractivity contribution in [1.82, 2.24) is 25.4 Å². The summed E-state index contributed by atoms with van der Waals surface area (Å²) >= 11 is 0. The van der Waals surface area contributed by atoms with Crippen molar-refractivity contribution >= 4 is 29.9 Å². The Balaban J connectivity index is 0.00000225. The molecule has 1 unspecified atom stereocenters. The first-order valence-corrected chi connectivity index (χ1v) is 9.87. The Hall–Kier alpha value is -1.84. The highest BCUT2D eigenvalue weighted by Gasteiger charge is 2.24. The Bertz CT molecular complexity index is 863. The molecule has 0 saturated carbocycles. The molecule has 0 amide bonds. The van der Waals surface area contributed by atoms with Crippen LogP contribution in [0.3, 0.4) is 0 Å². The minimum atomic E-state index is 0. The Morgan fingerprint density at radius 2 is 2.11 bits per heavy atom. The fourth-order valence-corrected chi connectivity index (χ4v) is 4.23. The number of nitrogens with one attached hydrogen (secondary N) is 2. The quantitative estimate of drug-likeness (QED) is 0.346. The van der Waals surface area contributed by atoms with Gasteiger partial charge in [0.05, 0.1) is 6.04 Å². The van der Waals surface area contributed by atoms with Gasteiger partial charge in [0, 0.05) is 25.7 Å². The second-order valence-electron chi connectivity index (χ2n) is 7.41. The summed E-state index contributed by atoms with van der Waals surface area (Å²) in [6, 6.07) is 3.99. The number of halogens is 1. The Labute approximate surface area is 183 Å². The van der Waals surface area contributed by atoms with Crippen molar-refractivity contribution in [2.45, 2.75) is 64.6 Å². The first-order chi connectivity index (χ1) is 13.2. The number of aromatic nitrogens is 3. The zero-order valence-corrected chi connectivity index (χ0v) is 18.9. The van der Waals surface area contributed by atoms with Crippen LogP contribution in [0.5, 0.6) is 5.75 Å². The number of nitrogens with zero attached hydrogens (tertiary/aromatic N) is 4. The third-order valence-electron chi connectivity index (χ3n) is 5.57. The van der Waals surface area contributed by atoms with Gasteiger partial charge in [0.15, 0.2) is 5.96 Å². The average molecular weight is 496 g/mol. The third-order valence-corrected chi connectivity index (χ3v) is 5.57. The molecule has 0 spiro atoms. The summed E-state index contributed by atoms with van der Waals surface area (Å²) < 4.78 is 1.99. The molecule has 1 aliphatic heterocycles. The second-order valence-corrected chi connectivity index (χ2v) is 7.41. The van der Waals surface area contributed by atoms with Gasteiger partial charge < -0.3 is 15.7 Å². The molecule has 1 aromatic heterocycles. The molecule has 0 fully saturated rings. The van der Waals surface area contributed by atoms with E-state index in [-0.39, 0.29) is 30.0 Å². The molecule has 2 aliphatic rings. The zero-order valence-electron chi connectivity index (χ0n) is 16.5. The van der Waals surface area contributed by atoms with Crippen molar-refractivity contribution in [3.05, 3.63) is 40.5 Å². The van der Waals surface area contributed by atoms with Gasteiger partial charge in [0.2, 0.25) is 0 Å². The molecule has 4 rings (SSSR count). The SMILES string of the molecule is CN=C(NCc1c(O)ccc2c1CCCC2)NC1CCCn2nc(C)nc21.I. The van der Waals surface area contributed by atoms with E-state index >= 15 is 0 Å². The zero-order chi connectivity index (χ0) is 18.8. The molecule has 1 aliphatic carbocycles. The van der Waals surface area contributed by atoms with E-state index in [0.29, 0.717) is 12.3 Å². The van der Waals surface area contributed by atoms with E-state index in [1.807, 2.05) is 17.7 Å². The van der Waals surface area contributed by atoms with E-state index in [1.54, 1.807) is 7.05 Å². The molecule has 0 bridgehead atoms. The highest BCUT2D eigenvalue weighted by molar-refractivity contribution is 14.0. The van der Waals surface area contributed by atoms with Crippen LogP contribution in [0.1, 0.15) is 60.1 Å². The van der Waals surface area contributed by atoms with Crippen molar-refractivity contribution in [3.8, 4) is 5.75 Å². The lowest BCUT2D eigenvalue weighted by molar-refractivity contribution is 0.397. The molecule has 0 saturated heterocycles.